The summed E-state index contributed by atoms with van der Waals surface area (Å²) in [6, 6.07) is 3.48. The number of aromatic nitrogens is 1. The van der Waals surface area contributed by atoms with Gasteiger partial charge < -0.3 is 19.5 Å². The second-order valence-corrected chi connectivity index (χ2v) is 5.34. The largest absolute Gasteiger partial charge is 0.444 e. The zero-order valence-corrected chi connectivity index (χ0v) is 13.1. The molecule has 0 spiro atoms. The Hall–Kier alpha value is -1.86. The van der Waals surface area contributed by atoms with E-state index in [9.17, 15) is 4.79 Å². The molecule has 21 heavy (non-hydrogen) atoms. The summed E-state index contributed by atoms with van der Waals surface area (Å²) in [5.74, 6) is 0.421. The molecule has 1 heterocycles. The van der Waals surface area contributed by atoms with Crippen molar-refractivity contribution in [3.8, 4) is 0 Å². The number of methoxy groups -OCH3 is 2. The Kier molecular flexibility index (Phi) is 6.39. The van der Waals surface area contributed by atoms with E-state index in [0.717, 1.165) is 5.69 Å². The van der Waals surface area contributed by atoms with E-state index in [1.807, 2.05) is 0 Å². The van der Waals surface area contributed by atoms with Crippen molar-refractivity contribution in [1.82, 2.24) is 4.98 Å². The van der Waals surface area contributed by atoms with Gasteiger partial charge in [0.25, 0.3) is 0 Å². The van der Waals surface area contributed by atoms with Gasteiger partial charge in [-0.05, 0) is 32.9 Å². The van der Waals surface area contributed by atoms with Crippen molar-refractivity contribution in [2.24, 2.45) is 0 Å². The summed E-state index contributed by atoms with van der Waals surface area (Å²) in [5.41, 5.74) is 0.254. The molecule has 7 heteroatoms. The number of carbonyl (C=O) groups excluding carboxylic acids is 1. The Morgan fingerprint density at radius 1 is 1.29 bits per heavy atom. The van der Waals surface area contributed by atoms with E-state index in [2.05, 4.69) is 15.6 Å². The van der Waals surface area contributed by atoms with Crippen LogP contribution in [-0.2, 0) is 14.2 Å². The van der Waals surface area contributed by atoms with Crippen LogP contribution in [0, 0.1) is 0 Å². The monoisotopic (exact) mass is 297 g/mol. The fourth-order valence-electron chi connectivity index (χ4n) is 1.44. The summed E-state index contributed by atoms with van der Waals surface area (Å²) in [7, 11) is 3.14. The molecule has 1 amide bonds. The van der Waals surface area contributed by atoms with Crippen LogP contribution < -0.4 is 10.6 Å². The Balaban J connectivity index is 2.48. The quantitative estimate of drug-likeness (QED) is 0.785. The number of carbonyl (C=O) groups is 1. The highest BCUT2D eigenvalue weighted by Gasteiger charge is 2.16. The maximum atomic E-state index is 11.6. The van der Waals surface area contributed by atoms with Gasteiger partial charge >= 0.3 is 6.09 Å². The number of hydrogen-bond acceptors (Lipinski definition) is 6. The fourth-order valence-corrected chi connectivity index (χ4v) is 1.44. The highest BCUT2D eigenvalue weighted by atomic mass is 16.7. The van der Waals surface area contributed by atoms with Gasteiger partial charge in [-0.15, -0.1) is 0 Å². The van der Waals surface area contributed by atoms with Crippen LogP contribution in [0.15, 0.2) is 18.3 Å². The number of hydrogen-bond donors (Lipinski definition) is 2. The summed E-state index contributed by atoms with van der Waals surface area (Å²) in [6.45, 7) is 5.90. The predicted octanol–water partition coefficient (Wildman–Crippen LogP) is 2.46. The molecular weight excluding hydrogens is 274 g/mol. The second-order valence-electron chi connectivity index (χ2n) is 5.34. The van der Waals surface area contributed by atoms with E-state index >= 15 is 0 Å². The molecule has 0 atom stereocenters. The van der Waals surface area contributed by atoms with Gasteiger partial charge in [0.05, 0.1) is 18.4 Å². The van der Waals surface area contributed by atoms with Crippen molar-refractivity contribution in [1.29, 1.82) is 0 Å². The van der Waals surface area contributed by atoms with Gasteiger partial charge in [-0.25, -0.2) is 9.78 Å². The first-order valence-electron chi connectivity index (χ1n) is 6.59. The molecular formula is C14H23N3O4. The molecule has 0 aromatic carbocycles. The van der Waals surface area contributed by atoms with Crippen molar-refractivity contribution in [3.05, 3.63) is 18.3 Å². The van der Waals surface area contributed by atoms with E-state index < -0.39 is 11.7 Å². The minimum absolute atomic E-state index is 0.329. The molecule has 1 rings (SSSR count). The maximum Gasteiger partial charge on any atom is 0.413 e. The first kappa shape index (κ1) is 17.2. The van der Waals surface area contributed by atoms with Crippen molar-refractivity contribution in [3.63, 3.8) is 0 Å². The standard InChI is InChI=1S/C14H23N3O4/c1-14(2,3)21-13(18)17-11-7-6-10(8-16-11)15-9-12(19-4)20-5/h6-8,12,15H,9H2,1-5H3,(H,16,17,18). The van der Waals surface area contributed by atoms with E-state index in [1.54, 1.807) is 53.3 Å². The minimum Gasteiger partial charge on any atom is -0.444 e. The molecule has 7 nitrogen and oxygen atoms in total. The summed E-state index contributed by atoms with van der Waals surface area (Å²) >= 11 is 0. The van der Waals surface area contributed by atoms with Crippen LogP contribution in [0.25, 0.3) is 0 Å². The number of nitrogens with zero attached hydrogens (tertiary/aromatic N) is 1. The zero-order valence-electron chi connectivity index (χ0n) is 13.1. The molecule has 0 aliphatic carbocycles. The van der Waals surface area contributed by atoms with Crippen LogP contribution in [0.1, 0.15) is 20.8 Å². The topological polar surface area (TPSA) is 81.7 Å². The van der Waals surface area contributed by atoms with Crippen LogP contribution in [0.3, 0.4) is 0 Å². The molecule has 0 fully saturated rings. The van der Waals surface area contributed by atoms with Gasteiger partial charge in [0, 0.05) is 14.2 Å². The highest BCUT2D eigenvalue weighted by molar-refractivity contribution is 5.83. The zero-order chi connectivity index (χ0) is 15.9. The fraction of sp³-hybridized carbons (Fsp3) is 0.571. The van der Waals surface area contributed by atoms with E-state index in [0.29, 0.717) is 12.4 Å². The van der Waals surface area contributed by atoms with Crippen molar-refractivity contribution < 1.29 is 19.0 Å². The van der Waals surface area contributed by atoms with Gasteiger partial charge in [-0.2, -0.15) is 0 Å². The summed E-state index contributed by atoms with van der Waals surface area (Å²) in [5, 5.41) is 5.67. The lowest BCUT2D eigenvalue weighted by Gasteiger charge is -2.19. The van der Waals surface area contributed by atoms with E-state index in [1.165, 1.54) is 0 Å². The van der Waals surface area contributed by atoms with Crippen LogP contribution in [0.2, 0.25) is 0 Å². The SMILES string of the molecule is COC(CNc1ccc(NC(=O)OC(C)(C)C)nc1)OC. The van der Waals surface area contributed by atoms with Crippen molar-refractivity contribution >= 4 is 17.6 Å². The van der Waals surface area contributed by atoms with E-state index in [-0.39, 0.29) is 6.29 Å². The number of pyridine rings is 1. The van der Waals surface area contributed by atoms with Crippen LogP contribution >= 0.6 is 0 Å². The van der Waals surface area contributed by atoms with E-state index in [4.69, 9.17) is 14.2 Å². The summed E-state index contributed by atoms with van der Waals surface area (Å²) in [6.07, 6.45) is 0.744. The number of nitrogens with one attached hydrogen (secondary N) is 2. The van der Waals surface area contributed by atoms with Gasteiger partial charge in [-0.1, -0.05) is 0 Å². The van der Waals surface area contributed by atoms with Crippen LogP contribution in [0.4, 0.5) is 16.3 Å². The van der Waals surface area contributed by atoms with Gasteiger partial charge in [0.2, 0.25) is 0 Å². The molecule has 1 aromatic heterocycles. The lowest BCUT2D eigenvalue weighted by Crippen LogP contribution is -2.27. The number of ether oxygens (including phenoxy) is 3. The Bertz CT molecular complexity index is 439. The third-order valence-corrected chi connectivity index (χ3v) is 2.39. The molecule has 0 aliphatic heterocycles. The van der Waals surface area contributed by atoms with Crippen LogP contribution in [-0.4, -0.2) is 43.7 Å². The number of rotatable bonds is 6. The third-order valence-electron chi connectivity index (χ3n) is 2.39. The minimum atomic E-state index is -0.541. The van der Waals surface area contributed by atoms with Gasteiger partial charge in [-0.3, -0.25) is 5.32 Å². The molecule has 118 valence electrons. The maximum absolute atomic E-state index is 11.6. The molecule has 0 bridgehead atoms. The van der Waals surface area contributed by atoms with Crippen LogP contribution in [0.5, 0.6) is 0 Å². The molecule has 0 saturated carbocycles. The molecule has 2 N–H and O–H groups in total. The Labute approximate surface area is 125 Å². The molecule has 0 aliphatic rings. The average molecular weight is 297 g/mol. The number of amides is 1. The summed E-state index contributed by atoms with van der Waals surface area (Å²) < 4.78 is 15.3. The first-order valence-corrected chi connectivity index (χ1v) is 6.59. The number of anilines is 2. The third kappa shape index (κ3) is 6.92. The molecule has 1 aromatic rings. The second kappa shape index (κ2) is 7.80. The lowest BCUT2D eigenvalue weighted by atomic mass is 10.2. The normalized spacial score (nSPS) is 11.3. The van der Waals surface area contributed by atoms with Crippen molar-refractivity contribution in [2.75, 3.05) is 31.4 Å². The highest BCUT2D eigenvalue weighted by Crippen LogP contribution is 2.12. The Morgan fingerprint density at radius 2 is 1.95 bits per heavy atom. The first-order chi connectivity index (χ1) is 9.84. The molecule has 0 unspecified atom stereocenters. The summed E-state index contributed by atoms with van der Waals surface area (Å²) in [4.78, 5) is 15.7. The average Bonchev–Trinajstić information content (AvgIpc) is 2.39. The molecule has 0 radical (unpaired) electrons. The predicted molar refractivity (Wildman–Crippen MR) is 80.4 cm³/mol. The van der Waals surface area contributed by atoms with Gasteiger partial charge in [0.15, 0.2) is 6.29 Å². The van der Waals surface area contributed by atoms with Crippen molar-refractivity contribution in [2.45, 2.75) is 32.7 Å². The lowest BCUT2D eigenvalue weighted by molar-refractivity contribution is -0.0914. The smallest absolute Gasteiger partial charge is 0.413 e. The molecule has 0 saturated heterocycles. The Morgan fingerprint density at radius 3 is 2.43 bits per heavy atom. The van der Waals surface area contributed by atoms with Gasteiger partial charge in [0.1, 0.15) is 11.4 Å².